The highest BCUT2D eigenvalue weighted by atomic mass is 35.5. The van der Waals surface area contributed by atoms with Crippen molar-refractivity contribution in [1.82, 2.24) is 4.98 Å². The van der Waals surface area contributed by atoms with Crippen LogP contribution >= 0.6 is 12.4 Å². The van der Waals surface area contributed by atoms with Gasteiger partial charge in [-0.1, -0.05) is 18.2 Å². The van der Waals surface area contributed by atoms with Crippen LogP contribution in [0.5, 0.6) is 0 Å². The minimum absolute atomic E-state index is 0. The van der Waals surface area contributed by atoms with Gasteiger partial charge in [0.25, 0.3) is 0 Å². The molecule has 0 N–H and O–H groups in total. The number of aromatic nitrogens is 2. The molecule has 5 rings (SSSR count). The summed E-state index contributed by atoms with van der Waals surface area (Å²) < 4.78 is 2.27. The fourth-order valence-corrected chi connectivity index (χ4v) is 4.47. The molecule has 1 heterocycles. The average molecular weight is 512 g/mol. The van der Waals surface area contributed by atoms with E-state index in [0.29, 0.717) is 0 Å². The zero-order chi connectivity index (χ0) is 25.1. The van der Waals surface area contributed by atoms with Crippen LogP contribution in [0, 0.1) is 0 Å². The van der Waals surface area contributed by atoms with Crippen molar-refractivity contribution in [2.45, 2.75) is 13.8 Å². The lowest BCUT2D eigenvalue weighted by Crippen LogP contribution is -2.33. The molecule has 0 unspecified atom stereocenters. The van der Waals surface area contributed by atoms with Crippen molar-refractivity contribution < 1.29 is 4.57 Å². The summed E-state index contributed by atoms with van der Waals surface area (Å²) in [7, 11) is 4.05. The highest BCUT2D eigenvalue weighted by molar-refractivity contribution is 5.86. The maximum Gasteiger partial charge on any atom is 0.239 e. The molecule has 0 atom stereocenters. The number of nitrogens with zero attached hydrogens (tertiary/aromatic N) is 6. The zero-order valence-corrected chi connectivity index (χ0v) is 22.5. The van der Waals surface area contributed by atoms with Gasteiger partial charge >= 0.3 is 0 Å². The van der Waals surface area contributed by atoms with E-state index in [1.54, 1.807) is 0 Å². The molecule has 188 valence electrons. The van der Waals surface area contributed by atoms with Gasteiger partial charge in [-0.25, -0.2) is 4.98 Å². The fourth-order valence-electron chi connectivity index (χ4n) is 4.47. The van der Waals surface area contributed by atoms with E-state index in [-0.39, 0.29) is 12.4 Å². The lowest BCUT2D eigenvalue weighted by atomic mass is 10.1. The van der Waals surface area contributed by atoms with Crippen LogP contribution in [0.2, 0.25) is 0 Å². The predicted octanol–water partition coefficient (Wildman–Crippen LogP) is 7.41. The first-order chi connectivity index (χ1) is 17.6. The molecular formula is C30H32ClN6+. The van der Waals surface area contributed by atoms with E-state index in [2.05, 4.69) is 87.0 Å². The molecule has 0 saturated carbocycles. The van der Waals surface area contributed by atoms with Crippen LogP contribution in [-0.2, 0) is 0 Å². The van der Waals surface area contributed by atoms with E-state index >= 15 is 0 Å². The van der Waals surface area contributed by atoms with Crippen LogP contribution in [0.1, 0.15) is 13.8 Å². The molecule has 0 aliphatic heterocycles. The van der Waals surface area contributed by atoms with Crippen molar-refractivity contribution in [2.75, 3.05) is 37.0 Å². The maximum absolute atomic E-state index is 4.99. The number of hydrogen-bond acceptors (Lipinski definition) is 5. The SMILES string of the molecule is CCN(CC)c1ccc2nc3ccc(N=Nc4ccc(N(C)C)cc4)cc3[n+](-c3ccccc3)c2c1.Cl. The van der Waals surface area contributed by atoms with Crippen LogP contribution in [0.15, 0.2) is 101 Å². The van der Waals surface area contributed by atoms with E-state index in [0.717, 1.165) is 57.9 Å². The minimum atomic E-state index is 0. The largest absolute Gasteiger partial charge is 0.378 e. The predicted molar refractivity (Wildman–Crippen MR) is 157 cm³/mol. The number of rotatable bonds is 7. The summed E-state index contributed by atoms with van der Waals surface area (Å²) in [5.41, 5.74) is 8.92. The molecule has 7 heteroatoms. The van der Waals surface area contributed by atoms with Gasteiger partial charge < -0.3 is 9.80 Å². The number of benzene rings is 4. The van der Waals surface area contributed by atoms with Crippen molar-refractivity contribution in [3.8, 4) is 5.69 Å². The Hall–Kier alpha value is -4.03. The lowest BCUT2D eigenvalue weighted by Gasteiger charge is -2.20. The van der Waals surface area contributed by atoms with Crippen molar-refractivity contribution in [2.24, 2.45) is 10.2 Å². The number of fused-ring (bicyclic) bond motifs is 2. The number of anilines is 2. The van der Waals surface area contributed by atoms with Gasteiger partial charge in [-0.3, -0.25) is 0 Å². The average Bonchev–Trinajstić information content (AvgIpc) is 2.92. The van der Waals surface area contributed by atoms with Crippen molar-refractivity contribution in [3.05, 3.63) is 91.0 Å². The first-order valence-corrected chi connectivity index (χ1v) is 12.4. The summed E-state index contributed by atoms with van der Waals surface area (Å²) in [6.45, 7) is 6.27. The monoisotopic (exact) mass is 511 g/mol. The van der Waals surface area contributed by atoms with Gasteiger partial charge in [0, 0.05) is 62.8 Å². The quantitative estimate of drug-likeness (QED) is 0.130. The van der Waals surface area contributed by atoms with E-state index in [4.69, 9.17) is 4.98 Å². The molecule has 1 aromatic heterocycles. The Morgan fingerprint density at radius 3 is 1.89 bits per heavy atom. The molecule has 0 saturated heterocycles. The van der Waals surface area contributed by atoms with Gasteiger partial charge in [0.2, 0.25) is 16.7 Å². The van der Waals surface area contributed by atoms with Gasteiger partial charge in [0.15, 0.2) is 0 Å². The Morgan fingerprint density at radius 2 is 1.24 bits per heavy atom. The second kappa shape index (κ2) is 11.4. The van der Waals surface area contributed by atoms with Crippen LogP contribution in [0.25, 0.3) is 27.8 Å². The summed E-state index contributed by atoms with van der Waals surface area (Å²) in [5.74, 6) is 0. The van der Waals surface area contributed by atoms with Gasteiger partial charge in [0.1, 0.15) is 11.0 Å². The Morgan fingerprint density at radius 1 is 0.676 bits per heavy atom. The summed E-state index contributed by atoms with van der Waals surface area (Å²) in [5, 5.41) is 9.03. The van der Waals surface area contributed by atoms with Crippen LogP contribution in [0.4, 0.5) is 22.7 Å². The Kier molecular flexibility index (Phi) is 7.99. The lowest BCUT2D eigenvalue weighted by molar-refractivity contribution is -0.538. The van der Waals surface area contributed by atoms with Crippen LogP contribution < -0.4 is 14.4 Å². The Bertz CT molecular complexity index is 1530. The smallest absolute Gasteiger partial charge is 0.239 e. The highest BCUT2D eigenvalue weighted by Crippen LogP contribution is 2.27. The van der Waals surface area contributed by atoms with E-state index < -0.39 is 0 Å². The first-order valence-electron chi connectivity index (χ1n) is 12.4. The molecule has 0 fully saturated rings. The van der Waals surface area contributed by atoms with E-state index in [9.17, 15) is 0 Å². The second-order valence-electron chi connectivity index (χ2n) is 8.91. The number of para-hydroxylation sites is 1. The summed E-state index contributed by atoms with van der Waals surface area (Å²) in [6, 6.07) is 31.1. The molecule has 5 aromatic rings. The van der Waals surface area contributed by atoms with Gasteiger partial charge in [-0.15, -0.1) is 17.0 Å². The Balaban J connectivity index is 0.00000320. The van der Waals surface area contributed by atoms with Crippen molar-refractivity contribution in [1.29, 1.82) is 0 Å². The minimum Gasteiger partial charge on any atom is -0.378 e. The number of hydrogen-bond donors (Lipinski definition) is 0. The first kappa shape index (κ1) is 26.0. The van der Waals surface area contributed by atoms with Gasteiger partial charge in [0.05, 0.1) is 11.4 Å². The Labute approximate surface area is 224 Å². The molecular weight excluding hydrogens is 480 g/mol. The second-order valence-corrected chi connectivity index (χ2v) is 8.91. The summed E-state index contributed by atoms with van der Waals surface area (Å²) in [6.07, 6.45) is 0. The van der Waals surface area contributed by atoms with Crippen LogP contribution in [-0.4, -0.2) is 32.2 Å². The third-order valence-electron chi connectivity index (χ3n) is 6.43. The topological polar surface area (TPSA) is 48.0 Å². The van der Waals surface area contributed by atoms with Crippen molar-refractivity contribution >= 4 is 57.2 Å². The molecule has 4 aromatic carbocycles. The maximum atomic E-state index is 4.99. The number of halogens is 1. The van der Waals surface area contributed by atoms with Crippen LogP contribution in [0.3, 0.4) is 0 Å². The molecule has 0 bridgehead atoms. The molecule has 6 nitrogen and oxygen atoms in total. The van der Waals surface area contributed by atoms with Gasteiger partial charge in [-0.2, -0.15) is 10.2 Å². The molecule has 0 aliphatic rings. The normalized spacial score (nSPS) is 11.1. The third kappa shape index (κ3) is 5.39. The molecule has 0 aliphatic carbocycles. The summed E-state index contributed by atoms with van der Waals surface area (Å²) >= 11 is 0. The fraction of sp³-hybridized carbons (Fsp3) is 0.200. The summed E-state index contributed by atoms with van der Waals surface area (Å²) in [4.78, 5) is 9.40. The highest BCUT2D eigenvalue weighted by Gasteiger charge is 2.21. The van der Waals surface area contributed by atoms with E-state index in [1.807, 2.05) is 56.6 Å². The molecule has 0 amide bonds. The van der Waals surface area contributed by atoms with Gasteiger partial charge in [-0.05, 0) is 62.4 Å². The third-order valence-corrected chi connectivity index (χ3v) is 6.43. The number of azo groups is 1. The molecule has 0 radical (unpaired) electrons. The zero-order valence-electron chi connectivity index (χ0n) is 21.7. The standard InChI is InChI=1S/C30H31N6.ClH/c1-5-35(6-2)26-17-19-28-30(21-26)36(25-10-8-7-9-11-25)29-20-23(14-18-27(29)31-28)33-32-22-12-15-24(16-13-22)34(3)4;/h7-21H,5-6H2,1-4H3;1H/q+1;. The molecule has 0 spiro atoms. The van der Waals surface area contributed by atoms with Crippen molar-refractivity contribution in [3.63, 3.8) is 0 Å². The molecule has 37 heavy (non-hydrogen) atoms. The van der Waals surface area contributed by atoms with E-state index in [1.165, 1.54) is 5.69 Å².